The Bertz CT molecular complexity index is 638. The lowest BCUT2D eigenvalue weighted by molar-refractivity contribution is 0.0660. The molecule has 120 valence electrons. The maximum atomic E-state index is 5.75. The molecule has 9 nitrogen and oxygen atoms in total. The highest BCUT2D eigenvalue weighted by Gasteiger charge is 2.09. The van der Waals surface area contributed by atoms with E-state index in [1.165, 1.54) is 0 Å². The van der Waals surface area contributed by atoms with Gasteiger partial charge in [-0.15, -0.1) is 0 Å². The number of nitrogens with zero attached hydrogens (tertiary/aromatic N) is 5. The largest absolute Gasteiger partial charge is 0.382 e. The normalized spacial score (nSPS) is 12.0. The van der Waals surface area contributed by atoms with Crippen LogP contribution in [0.4, 0.5) is 11.8 Å². The number of likely N-dealkylation sites (N-methyl/N-ethyl adjacent to an activating group) is 1. The van der Waals surface area contributed by atoms with Crippen LogP contribution in [0.15, 0.2) is 18.5 Å². The molecular weight excluding hydrogens is 284 g/mol. The maximum Gasteiger partial charge on any atom is 0.224 e. The van der Waals surface area contributed by atoms with Crippen molar-refractivity contribution in [1.82, 2.24) is 24.4 Å². The Morgan fingerprint density at radius 3 is 2.91 bits per heavy atom. The predicted molar refractivity (Wildman–Crippen MR) is 85.8 cm³/mol. The number of nitrogens with two attached hydrogens (primary N) is 3. The Hall–Kier alpha value is -2.23. The van der Waals surface area contributed by atoms with Crippen LogP contribution in [0.2, 0.25) is 0 Å². The summed E-state index contributed by atoms with van der Waals surface area (Å²) in [6, 6.07) is 0. The molecule has 0 fully saturated rings. The van der Waals surface area contributed by atoms with E-state index in [1.807, 2.05) is 19.2 Å². The monoisotopic (exact) mass is 306 g/mol. The van der Waals surface area contributed by atoms with Gasteiger partial charge < -0.3 is 26.8 Å². The number of hydrogen-bond donors (Lipinski definition) is 3. The van der Waals surface area contributed by atoms with E-state index < -0.39 is 0 Å². The van der Waals surface area contributed by atoms with Crippen LogP contribution in [-0.4, -0.2) is 57.7 Å². The zero-order valence-corrected chi connectivity index (χ0v) is 12.6. The molecule has 2 aromatic heterocycles. The second-order valence-corrected chi connectivity index (χ2v) is 4.86. The van der Waals surface area contributed by atoms with Crippen molar-refractivity contribution in [3.8, 4) is 0 Å². The van der Waals surface area contributed by atoms with Gasteiger partial charge in [0.25, 0.3) is 0 Å². The number of hydrogen-bond acceptors (Lipinski definition) is 8. The van der Waals surface area contributed by atoms with E-state index in [9.17, 15) is 0 Å². The summed E-state index contributed by atoms with van der Waals surface area (Å²) in [5.41, 5.74) is 17.8. The van der Waals surface area contributed by atoms with Crippen LogP contribution in [0, 0.1) is 0 Å². The molecule has 0 saturated carbocycles. The number of rotatable bonds is 8. The van der Waals surface area contributed by atoms with Gasteiger partial charge in [0.2, 0.25) is 5.95 Å². The molecule has 0 aliphatic carbocycles. The van der Waals surface area contributed by atoms with Gasteiger partial charge in [0.1, 0.15) is 12.2 Å². The molecule has 0 aromatic carbocycles. The quantitative estimate of drug-likeness (QED) is 0.435. The van der Waals surface area contributed by atoms with E-state index >= 15 is 0 Å². The van der Waals surface area contributed by atoms with Gasteiger partial charge in [0.05, 0.1) is 12.9 Å². The fourth-order valence-corrected chi connectivity index (χ4v) is 1.90. The van der Waals surface area contributed by atoms with E-state index in [4.69, 9.17) is 21.9 Å². The van der Waals surface area contributed by atoms with Crippen LogP contribution in [0.1, 0.15) is 0 Å². The molecule has 0 saturated heterocycles. The van der Waals surface area contributed by atoms with Crippen LogP contribution < -0.4 is 17.2 Å². The molecule has 9 heteroatoms. The Balaban J connectivity index is 1.84. The van der Waals surface area contributed by atoms with Crippen molar-refractivity contribution in [2.75, 3.05) is 44.8 Å². The lowest BCUT2D eigenvalue weighted by atomic mass is 10.4. The molecule has 22 heavy (non-hydrogen) atoms. The zero-order valence-electron chi connectivity index (χ0n) is 12.6. The minimum absolute atomic E-state index is 0.123. The fraction of sp³-hybridized carbons (Fsp3) is 0.462. The summed E-state index contributed by atoms with van der Waals surface area (Å²) in [5, 5.41) is 0. The lowest BCUT2D eigenvalue weighted by Gasteiger charge is -2.14. The first-order valence-electron chi connectivity index (χ1n) is 6.97. The minimum atomic E-state index is 0.123. The van der Waals surface area contributed by atoms with Crippen molar-refractivity contribution >= 4 is 22.9 Å². The number of imidazole rings is 1. The van der Waals surface area contributed by atoms with E-state index in [0.29, 0.717) is 31.0 Å². The summed E-state index contributed by atoms with van der Waals surface area (Å²) < 4.78 is 7.38. The first-order chi connectivity index (χ1) is 10.6. The molecule has 0 radical (unpaired) electrons. The SMILES string of the molecule is CN(C/C=C\CN)CCOCn1cnc2c(N)nc(N)nc21. The third-order valence-electron chi connectivity index (χ3n) is 3.08. The van der Waals surface area contributed by atoms with Crippen molar-refractivity contribution in [3.05, 3.63) is 18.5 Å². The van der Waals surface area contributed by atoms with E-state index in [1.54, 1.807) is 10.9 Å². The molecule has 0 aliphatic heterocycles. The smallest absolute Gasteiger partial charge is 0.224 e. The van der Waals surface area contributed by atoms with Gasteiger partial charge in [0.15, 0.2) is 11.5 Å². The molecule has 2 rings (SSSR count). The summed E-state index contributed by atoms with van der Waals surface area (Å²) in [5.74, 6) is 0.394. The summed E-state index contributed by atoms with van der Waals surface area (Å²) in [6.07, 6.45) is 5.58. The highest BCUT2D eigenvalue weighted by Crippen LogP contribution is 2.16. The number of ether oxygens (including phenoxy) is 1. The molecule has 0 bridgehead atoms. The van der Waals surface area contributed by atoms with Gasteiger partial charge in [-0.05, 0) is 7.05 Å². The van der Waals surface area contributed by atoms with Crippen molar-refractivity contribution in [3.63, 3.8) is 0 Å². The standard InChI is InChI=1S/C13H22N8O/c1-20(5-3-2-4-14)6-7-22-9-21-8-17-10-11(15)18-13(16)19-12(10)21/h2-3,8H,4-7,9,14H2,1H3,(H4,15,16,18,19)/b3-2-. The summed E-state index contributed by atoms with van der Waals surface area (Å²) in [4.78, 5) is 14.3. The Morgan fingerprint density at radius 2 is 2.14 bits per heavy atom. The fourth-order valence-electron chi connectivity index (χ4n) is 1.90. The second-order valence-electron chi connectivity index (χ2n) is 4.86. The van der Waals surface area contributed by atoms with Crippen molar-refractivity contribution in [2.45, 2.75) is 6.73 Å². The van der Waals surface area contributed by atoms with E-state index in [0.717, 1.165) is 13.1 Å². The molecule has 6 N–H and O–H groups in total. The first kappa shape index (κ1) is 16.1. The Labute approximate surface area is 128 Å². The van der Waals surface area contributed by atoms with Crippen LogP contribution in [0.3, 0.4) is 0 Å². The summed E-state index contributed by atoms with van der Waals surface area (Å²) in [6.45, 7) is 3.13. The average Bonchev–Trinajstić information content (AvgIpc) is 2.87. The van der Waals surface area contributed by atoms with Gasteiger partial charge in [-0.25, -0.2) is 4.98 Å². The third-order valence-corrected chi connectivity index (χ3v) is 3.08. The second kappa shape index (κ2) is 7.69. The lowest BCUT2D eigenvalue weighted by Crippen LogP contribution is -2.23. The van der Waals surface area contributed by atoms with Crippen LogP contribution in [-0.2, 0) is 11.5 Å². The Kier molecular flexibility index (Phi) is 5.64. The van der Waals surface area contributed by atoms with Gasteiger partial charge in [-0.3, -0.25) is 4.57 Å². The molecular formula is C13H22N8O. The van der Waals surface area contributed by atoms with Crippen molar-refractivity contribution < 1.29 is 4.74 Å². The molecule has 0 amide bonds. The molecule has 2 aromatic rings. The first-order valence-corrected chi connectivity index (χ1v) is 6.97. The molecule has 0 unspecified atom stereocenters. The molecule has 2 heterocycles. The highest BCUT2D eigenvalue weighted by atomic mass is 16.5. The van der Waals surface area contributed by atoms with Gasteiger partial charge >= 0.3 is 0 Å². The molecule has 0 aliphatic rings. The molecule has 0 atom stereocenters. The average molecular weight is 306 g/mol. The van der Waals surface area contributed by atoms with Gasteiger partial charge in [-0.2, -0.15) is 9.97 Å². The summed E-state index contributed by atoms with van der Waals surface area (Å²) >= 11 is 0. The van der Waals surface area contributed by atoms with Crippen LogP contribution in [0.5, 0.6) is 0 Å². The predicted octanol–water partition coefficient (Wildman–Crippen LogP) is -0.588. The maximum absolute atomic E-state index is 5.75. The number of anilines is 2. The summed E-state index contributed by atoms with van der Waals surface area (Å²) in [7, 11) is 2.02. The topological polar surface area (TPSA) is 134 Å². The Morgan fingerprint density at radius 1 is 1.32 bits per heavy atom. The molecule has 0 spiro atoms. The van der Waals surface area contributed by atoms with Crippen LogP contribution in [0.25, 0.3) is 11.2 Å². The number of nitrogen functional groups attached to an aromatic ring is 2. The number of aromatic nitrogens is 4. The third kappa shape index (κ3) is 4.13. The minimum Gasteiger partial charge on any atom is -0.382 e. The van der Waals surface area contributed by atoms with Crippen LogP contribution >= 0.6 is 0 Å². The van der Waals surface area contributed by atoms with E-state index in [2.05, 4.69) is 19.9 Å². The zero-order chi connectivity index (χ0) is 15.9. The van der Waals surface area contributed by atoms with E-state index in [-0.39, 0.29) is 11.8 Å². The van der Waals surface area contributed by atoms with Gasteiger partial charge in [0, 0.05) is 19.6 Å². The van der Waals surface area contributed by atoms with Crippen molar-refractivity contribution in [1.29, 1.82) is 0 Å². The highest BCUT2D eigenvalue weighted by molar-refractivity contribution is 5.82. The number of fused-ring (bicyclic) bond motifs is 1. The van der Waals surface area contributed by atoms with Crippen molar-refractivity contribution in [2.24, 2.45) is 5.73 Å². The van der Waals surface area contributed by atoms with Gasteiger partial charge in [-0.1, -0.05) is 12.2 Å².